The van der Waals surface area contributed by atoms with Crippen LogP contribution in [0.4, 0.5) is 0 Å². The van der Waals surface area contributed by atoms with Crippen molar-refractivity contribution in [2.45, 2.75) is 44.9 Å². The molecule has 0 spiro atoms. The Kier molecular flexibility index (Phi) is 5.23. The van der Waals surface area contributed by atoms with Crippen molar-refractivity contribution in [1.29, 1.82) is 0 Å². The number of piperidine rings is 1. The third-order valence-electron chi connectivity index (χ3n) is 5.63. The average Bonchev–Trinajstić information content (AvgIpc) is 2.65. The van der Waals surface area contributed by atoms with Crippen molar-refractivity contribution in [3.8, 4) is 5.75 Å². The second-order valence-electron chi connectivity index (χ2n) is 7.85. The molecule has 0 saturated carbocycles. The first-order valence-electron chi connectivity index (χ1n) is 9.78. The first-order chi connectivity index (χ1) is 12.7. The van der Waals surface area contributed by atoms with Crippen LogP contribution in [0.2, 0.25) is 0 Å². The number of fused-ring (bicyclic) bond motifs is 1. The fourth-order valence-corrected chi connectivity index (χ4v) is 4.19. The highest BCUT2D eigenvalue weighted by Gasteiger charge is 2.27. The molecular weight excluding hydrogens is 322 g/mol. The summed E-state index contributed by atoms with van der Waals surface area (Å²) in [5.41, 5.74) is 3.88. The van der Waals surface area contributed by atoms with Gasteiger partial charge in [-0.2, -0.15) is 0 Å². The Balaban J connectivity index is 1.51. The van der Waals surface area contributed by atoms with Crippen LogP contribution in [0.5, 0.6) is 5.75 Å². The Morgan fingerprint density at radius 2 is 1.88 bits per heavy atom. The molecule has 1 aromatic carbocycles. The molecular formula is C22H29N3O. The minimum absolute atomic E-state index is 0.331. The van der Waals surface area contributed by atoms with E-state index in [1.807, 2.05) is 6.20 Å². The van der Waals surface area contributed by atoms with Gasteiger partial charge in [0.25, 0.3) is 0 Å². The summed E-state index contributed by atoms with van der Waals surface area (Å²) in [6.07, 6.45) is 4.47. The van der Waals surface area contributed by atoms with Gasteiger partial charge < -0.3 is 9.64 Å². The average molecular weight is 351 g/mol. The van der Waals surface area contributed by atoms with E-state index in [1.54, 1.807) is 0 Å². The highest BCUT2D eigenvalue weighted by molar-refractivity contribution is 5.39. The van der Waals surface area contributed by atoms with E-state index < -0.39 is 0 Å². The van der Waals surface area contributed by atoms with Crippen LogP contribution in [0, 0.1) is 0 Å². The fraction of sp³-hybridized carbons (Fsp3) is 0.500. The van der Waals surface area contributed by atoms with Crippen LogP contribution in [-0.2, 0) is 13.1 Å². The quantitative estimate of drug-likeness (QED) is 0.840. The smallest absolute Gasteiger partial charge is 0.127 e. The zero-order valence-electron chi connectivity index (χ0n) is 15.9. The molecule has 2 aromatic rings. The zero-order valence-corrected chi connectivity index (χ0v) is 15.9. The van der Waals surface area contributed by atoms with Crippen LogP contribution in [0.3, 0.4) is 0 Å². The second kappa shape index (κ2) is 7.77. The van der Waals surface area contributed by atoms with Crippen LogP contribution in [0.1, 0.15) is 42.5 Å². The molecule has 4 rings (SSSR count). The van der Waals surface area contributed by atoms with Gasteiger partial charge in [0.2, 0.25) is 0 Å². The van der Waals surface area contributed by atoms with E-state index in [1.165, 1.54) is 16.8 Å². The van der Waals surface area contributed by atoms with Crippen LogP contribution in [-0.4, -0.2) is 47.6 Å². The fourth-order valence-electron chi connectivity index (χ4n) is 4.19. The lowest BCUT2D eigenvalue weighted by molar-refractivity contribution is 0.110. The van der Waals surface area contributed by atoms with Gasteiger partial charge in [0.1, 0.15) is 11.9 Å². The van der Waals surface area contributed by atoms with E-state index in [-0.39, 0.29) is 0 Å². The number of benzene rings is 1. The topological polar surface area (TPSA) is 28.6 Å². The van der Waals surface area contributed by atoms with Crippen molar-refractivity contribution < 1.29 is 4.74 Å². The van der Waals surface area contributed by atoms with Gasteiger partial charge in [-0.3, -0.25) is 9.88 Å². The lowest BCUT2D eigenvalue weighted by Gasteiger charge is -2.35. The molecule has 0 radical (unpaired) electrons. The molecule has 4 heteroatoms. The summed E-state index contributed by atoms with van der Waals surface area (Å²) in [6, 6.07) is 12.8. The number of nitrogens with zero attached hydrogens (tertiary/aromatic N) is 3. The number of ether oxygens (including phenoxy) is 1. The molecule has 0 bridgehead atoms. The van der Waals surface area contributed by atoms with E-state index in [9.17, 15) is 0 Å². The standard InChI is InChI=1S/C22H29N3O/c1-17-14-25(15-18-6-4-3-5-7-18)16-20-21(8-11-23-22(17)20)26-19-9-12-24(2)13-10-19/h3-8,11,17,19H,9-10,12-16H2,1-2H3. The molecule has 4 nitrogen and oxygen atoms in total. The molecule has 2 aliphatic rings. The molecule has 3 heterocycles. The summed E-state index contributed by atoms with van der Waals surface area (Å²) in [6.45, 7) is 7.47. The van der Waals surface area contributed by atoms with Crippen LogP contribution in [0.15, 0.2) is 42.6 Å². The number of aromatic nitrogens is 1. The van der Waals surface area contributed by atoms with Crippen molar-refractivity contribution in [3.05, 3.63) is 59.4 Å². The molecule has 1 atom stereocenters. The number of rotatable bonds is 4. The summed E-state index contributed by atoms with van der Waals surface area (Å²) in [5.74, 6) is 1.48. The number of hydrogen-bond acceptors (Lipinski definition) is 4. The molecule has 138 valence electrons. The molecule has 26 heavy (non-hydrogen) atoms. The predicted molar refractivity (Wildman–Crippen MR) is 104 cm³/mol. The van der Waals surface area contributed by atoms with Gasteiger partial charge in [-0.25, -0.2) is 0 Å². The Hall–Kier alpha value is -1.91. The first kappa shape index (κ1) is 17.5. The second-order valence-corrected chi connectivity index (χ2v) is 7.85. The molecule has 1 aromatic heterocycles. The van der Waals surface area contributed by atoms with Gasteiger partial charge in [0, 0.05) is 50.4 Å². The van der Waals surface area contributed by atoms with Gasteiger partial charge in [0.15, 0.2) is 0 Å². The first-order valence-corrected chi connectivity index (χ1v) is 9.78. The number of pyridine rings is 1. The Morgan fingerprint density at radius 3 is 2.65 bits per heavy atom. The molecule has 0 aliphatic carbocycles. The third kappa shape index (κ3) is 3.92. The maximum absolute atomic E-state index is 6.46. The van der Waals surface area contributed by atoms with E-state index >= 15 is 0 Å². The van der Waals surface area contributed by atoms with Gasteiger partial charge in [-0.15, -0.1) is 0 Å². The Bertz CT molecular complexity index is 725. The molecule has 1 fully saturated rings. The van der Waals surface area contributed by atoms with Gasteiger partial charge in [0.05, 0.1) is 5.69 Å². The molecule has 2 aliphatic heterocycles. The monoisotopic (exact) mass is 351 g/mol. The van der Waals surface area contributed by atoms with Crippen molar-refractivity contribution >= 4 is 0 Å². The maximum Gasteiger partial charge on any atom is 0.127 e. The lowest BCUT2D eigenvalue weighted by atomic mass is 9.95. The maximum atomic E-state index is 6.46. The van der Waals surface area contributed by atoms with Gasteiger partial charge >= 0.3 is 0 Å². The van der Waals surface area contributed by atoms with E-state index in [4.69, 9.17) is 9.72 Å². The van der Waals surface area contributed by atoms with Crippen LogP contribution >= 0.6 is 0 Å². The number of likely N-dealkylation sites (tertiary alicyclic amines) is 1. The molecule has 1 saturated heterocycles. The van der Waals surface area contributed by atoms with E-state index in [0.717, 1.165) is 51.3 Å². The third-order valence-corrected chi connectivity index (χ3v) is 5.63. The van der Waals surface area contributed by atoms with Crippen molar-refractivity contribution in [2.24, 2.45) is 0 Å². The largest absolute Gasteiger partial charge is 0.490 e. The summed E-state index contributed by atoms with van der Waals surface area (Å²) >= 11 is 0. The summed E-state index contributed by atoms with van der Waals surface area (Å²) in [5, 5.41) is 0. The molecule has 1 unspecified atom stereocenters. The Labute approximate surface area is 156 Å². The van der Waals surface area contributed by atoms with Gasteiger partial charge in [-0.1, -0.05) is 37.3 Å². The summed E-state index contributed by atoms with van der Waals surface area (Å²) in [4.78, 5) is 9.59. The molecule has 0 N–H and O–H groups in total. The highest BCUT2D eigenvalue weighted by Crippen LogP contribution is 2.34. The highest BCUT2D eigenvalue weighted by atomic mass is 16.5. The van der Waals surface area contributed by atoms with Gasteiger partial charge in [-0.05, 0) is 31.5 Å². The number of hydrogen-bond donors (Lipinski definition) is 0. The SMILES string of the molecule is CC1CN(Cc2ccccc2)Cc2c(OC3CCN(C)CC3)ccnc21. The summed E-state index contributed by atoms with van der Waals surface area (Å²) in [7, 11) is 2.19. The predicted octanol–water partition coefficient (Wildman–Crippen LogP) is 3.67. The minimum Gasteiger partial charge on any atom is -0.490 e. The summed E-state index contributed by atoms with van der Waals surface area (Å²) < 4.78 is 6.46. The van der Waals surface area contributed by atoms with E-state index in [0.29, 0.717) is 12.0 Å². The van der Waals surface area contributed by atoms with Crippen LogP contribution in [0.25, 0.3) is 0 Å². The minimum atomic E-state index is 0.331. The lowest BCUT2D eigenvalue weighted by Crippen LogP contribution is -2.37. The molecule has 0 amide bonds. The van der Waals surface area contributed by atoms with E-state index in [2.05, 4.69) is 60.2 Å². The zero-order chi connectivity index (χ0) is 17.9. The van der Waals surface area contributed by atoms with Crippen molar-refractivity contribution in [1.82, 2.24) is 14.8 Å². The van der Waals surface area contributed by atoms with Crippen molar-refractivity contribution in [3.63, 3.8) is 0 Å². The normalized spacial score (nSPS) is 22.2. The Morgan fingerprint density at radius 1 is 1.12 bits per heavy atom. The van der Waals surface area contributed by atoms with Crippen molar-refractivity contribution in [2.75, 3.05) is 26.7 Å². The van der Waals surface area contributed by atoms with Crippen LogP contribution < -0.4 is 4.74 Å².